The molecule has 3 aliphatic carbocycles. The fraction of sp³-hybridized carbons (Fsp3) is 0.462. The molecule has 31 heavy (non-hydrogen) atoms. The molecule has 2 bridgehead atoms. The quantitative estimate of drug-likeness (QED) is 0.715. The number of hydrogen-bond acceptors (Lipinski definition) is 3. The monoisotopic (exact) mass is 419 g/mol. The van der Waals surface area contributed by atoms with Crippen molar-refractivity contribution in [1.29, 1.82) is 0 Å². The summed E-state index contributed by atoms with van der Waals surface area (Å²) >= 11 is 0. The smallest absolute Gasteiger partial charge is 0.411 e. The van der Waals surface area contributed by atoms with Crippen LogP contribution in [0.2, 0.25) is 0 Å². The van der Waals surface area contributed by atoms with E-state index in [9.17, 15) is 14.7 Å². The highest BCUT2D eigenvalue weighted by molar-refractivity contribution is 5.86. The van der Waals surface area contributed by atoms with Crippen LogP contribution in [0.3, 0.4) is 0 Å². The SMILES string of the molecule is CC(C)N(C(=O)OCC1c2ccccc2-c2ccccc21)C1(C(=O)O)CC2CCC1C2. The molecule has 2 aromatic carbocycles. The van der Waals surface area contributed by atoms with Crippen molar-refractivity contribution in [2.75, 3.05) is 6.61 Å². The average Bonchev–Trinajstić information content (AvgIpc) is 3.44. The maximum absolute atomic E-state index is 13.4. The molecule has 3 unspecified atom stereocenters. The van der Waals surface area contributed by atoms with Crippen LogP contribution in [-0.4, -0.2) is 40.3 Å². The summed E-state index contributed by atoms with van der Waals surface area (Å²) in [4.78, 5) is 27.4. The molecule has 162 valence electrons. The average molecular weight is 420 g/mol. The number of ether oxygens (including phenoxy) is 1. The lowest BCUT2D eigenvalue weighted by molar-refractivity contribution is -0.156. The highest BCUT2D eigenvalue weighted by Gasteiger charge is 2.61. The Morgan fingerprint density at radius 2 is 1.68 bits per heavy atom. The van der Waals surface area contributed by atoms with Crippen LogP contribution in [0.1, 0.15) is 56.6 Å². The Balaban J connectivity index is 1.41. The summed E-state index contributed by atoms with van der Waals surface area (Å²) in [5, 5.41) is 10.2. The normalized spacial score (nSPS) is 26.0. The van der Waals surface area contributed by atoms with Gasteiger partial charge in [-0.1, -0.05) is 48.5 Å². The number of amides is 1. The number of carboxylic acids is 1. The molecule has 0 spiro atoms. The van der Waals surface area contributed by atoms with E-state index in [2.05, 4.69) is 24.3 Å². The molecule has 3 atom stereocenters. The number of carboxylic acid groups (broad SMARTS) is 1. The first-order chi connectivity index (χ1) is 14.9. The summed E-state index contributed by atoms with van der Waals surface area (Å²) in [7, 11) is 0. The molecule has 3 aliphatic rings. The van der Waals surface area contributed by atoms with Gasteiger partial charge in [-0.15, -0.1) is 0 Å². The third-order valence-electron chi connectivity index (χ3n) is 7.67. The van der Waals surface area contributed by atoms with Crippen molar-refractivity contribution in [3.8, 4) is 11.1 Å². The van der Waals surface area contributed by atoms with Gasteiger partial charge in [-0.25, -0.2) is 9.59 Å². The summed E-state index contributed by atoms with van der Waals surface area (Å²) in [6.45, 7) is 3.98. The summed E-state index contributed by atoms with van der Waals surface area (Å²) in [5.74, 6) is -0.519. The van der Waals surface area contributed by atoms with E-state index in [1.165, 1.54) is 16.0 Å². The van der Waals surface area contributed by atoms with Crippen LogP contribution in [0.4, 0.5) is 4.79 Å². The van der Waals surface area contributed by atoms with Gasteiger partial charge in [0.1, 0.15) is 12.1 Å². The van der Waals surface area contributed by atoms with Crippen molar-refractivity contribution in [2.45, 2.75) is 57.0 Å². The first-order valence-electron chi connectivity index (χ1n) is 11.3. The molecule has 2 fully saturated rings. The lowest BCUT2D eigenvalue weighted by atomic mass is 9.79. The molecule has 5 heteroatoms. The van der Waals surface area contributed by atoms with Gasteiger partial charge in [0, 0.05) is 12.0 Å². The lowest BCUT2D eigenvalue weighted by Gasteiger charge is -2.45. The maximum atomic E-state index is 13.4. The summed E-state index contributed by atoms with van der Waals surface area (Å²) < 4.78 is 5.88. The van der Waals surface area contributed by atoms with E-state index >= 15 is 0 Å². The molecule has 5 nitrogen and oxygen atoms in total. The van der Waals surface area contributed by atoms with Crippen molar-refractivity contribution in [2.24, 2.45) is 11.8 Å². The van der Waals surface area contributed by atoms with Gasteiger partial charge in [0.2, 0.25) is 0 Å². The summed E-state index contributed by atoms with van der Waals surface area (Å²) in [6, 6.07) is 16.2. The number of nitrogens with zero attached hydrogens (tertiary/aromatic N) is 1. The fourth-order valence-corrected chi connectivity index (χ4v) is 6.46. The van der Waals surface area contributed by atoms with E-state index in [1.54, 1.807) is 0 Å². The molecular weight excluding hydrogens is 390 g/mol. The van der Waals surface area contributed by atoms with E-state index < -0.39 is 17.6 Å². The Hall–Kier alpha value is -2.82. The topological polar surface area (TPSA) is 66.8 Å². The van der Waals surface area contributed by atoms with Crippen LogP contribution in [-0.2, 0) is 9.53 Å². The van der Waals surface area contributed by atoms with Gasteiger partial charge in [-0.2, -0.15) is 0 Å². The van der Waals surface area contributed by atoms with Gasteiger partial charge < -0.3 is 9.84 Å². The highest BCUT2D eigenvalue weighted by Crippen LogP contribution is 2.54. The lowest BCUT2D eigenvalue weighted by Crippen LogP contribution is -2.62. The Bertz CT molecular complexity index is 986. The van der Waals surface area contributed by atoms with Gasteiger partial charge in [0.05, 0.1) is 0 Å². The number of aliphatic carboxylic acids is 1. The standard InChI is InChI=1S/C26H29NO4/c1-16(2)27(26(24(28)29)14-17-11-12-18(26)13-17)25(30)31-15-23-21-9-5-3-7-19(21)20-8-4-6-10-22(20)23/h3-10,16-18,23H,11-15H2,1-2H3,(H,28,29). The largest absolute Gasteiger partial charge is 0.479 e. The molecule has 0 aliphatic heterocycles. The van der Waals surface area contributed by atoms with Crippen molar-refractivity contribution < 1.29 is 19.4 Å². The van der Waals surface area contributed by atoms with Crippen LogP contribution >= 0.6 is 0 Å². The molecule has 2 saturated carbocycles. The fourth-order valence-electron chi connectivity index (χ4n) is 6.46. The Morgan fingerprint density at radius 3 is 2.16 bits per heavy atom. The zero-order chi connectivity index (χ0) is 21.8. The molecule has 1 N–H and O–H groups in total. The number of fused-ring (bicyclic) bond motifs is 5. The van der Waals surface area contributed by atoms with Gasteiger partial charge >= 0.3 is 12.1 Å². The third-order valence-corrected chi connectivity index (χ3v) is 7.67. The summed E-state index contributed by atoms with van der Waals surface area (Å²) in [5.41, 5.74) is 3.52. The van der Waals surface area contributed by atoms with Crippen LogP contribution in [0.15, 0.2) is 48.5 Å². The molecule has 2 aromatic rings. The van der Waals surface area contributed by atoms with Gasteiger partial charge in [-0.05, 0) is 73.6 Å². The van der Waals surface area contributed by atoms with Crippen molar-refractivity contribution in [1.82, 2.24) is 4.90 Å². The van der Waals surface area contributed by atoms with Crippen molar-refractivity contribution >= 4 is 12.1 Å². The van der Waals surface area contributed by atoms with E-state index in [1.807, 2.05) is 38.1 Å². The molecule has 1 amide bonds. The number of rotatable bonds is 5. The molecule has 0 saturated heterocycles. The van der Waals surface area contributed by atoms with Gasteiger partial charge in [-0.3, -0.25) is 4.90 Å². The van der Waals surface area contributed by atoms with Gasteiger partial charge in [0.25, 0.3) is 0 Å². The number of carbonyl (C=O) groups excluding carboxylic acids is 1. The second kappa shape index (κ2) is 7.40. The van der Waals surface area contributed by atoms with Crippen LogP contribution in [0, 0.1) is 11.8 Å². The van der Waals surface area contributed by atoms with E-state index in [4.69, 9.17) is 4.74 Å². The highest BCUT2D eigenvalue weighted by atomic mass is 16.6. The molecule has 0 heterocycles. The second-order valence-corrected chi connectivity index (χ2v) is 9.58. The first kappa shape index (κ1) is 20.1. The minimum atomic E-state index is -1.14. The van der Waals surface area contributed by atoms with E-state index in [0.717, 1.165) is 30.4 Å². The predicted octanol–water partition coefficient (Wildman–Crippen LogP) is 5.29. The van der Waals surface area contributed by atoms with Crippen LogP contribution < -0.4 is 0 Å². The summed E-state index contributed by atoms with van der Waals surface area (Å²) in [6.07, 6.45) is 2.86. The van der Waals surface area contributed by atoms with Crippen molar-refractivity contribution in [3.63, 3.8) is 0 Å². The third kappa shape index (κ3) is 2.97. The van der Waals surface area contributed by atoms with E-state index in [0.29, 0.717) is 12.3 Å². The molecular formula is C26H29NO4. The zero-order valence-electron chi connectivity index (χ0n) is 18.1. The predicted molar refractivity (Wildman–Crippen MR) is 118 cm³/mol. The Morgan fingerprint density at radius 1 is 1.06 bits per heavy atom. The van der Waals surface area contributed by atoms with Crippen LogP contribution in [0.25, 0.3) is 11.1 Å². The first-order valence-corrected chi connectivity index (χ1v) is 11.3. The zero-order valence-corrected chi connectivity index (χ0v) is 18.1. The minimum absolute atomic E-state index is 0.0119. The van der Waals surface area contributed by atoms with Crippen molar-refractivity contribution in [3.05, 3.63) is 59.7 Å². The Labute approximate surface area is 183 Å². The number of carbonyl (C=O) groups is 2. The number of benzene rings is 2. The molecule has 0 radical (unpaired) electrons. The van der Waals surface area contributed by atoms with E-state index in [-0.39, 0.29) is 24.5 Å². The number of hydrogen-bond donors (Lipinski definition) is 1. The minimum Gasteiger partial charge on any atom is -0.479 e. The Kier molecular flexibility index (Phi) is 4.80. The molecule has 5 rings (SSSR count). The maximum Gasteiger partial charge on any atom is 0.411 e. The second-order valence-electron chi connectivity index (χ2n) is 9.58. The molecule has 0 aromatic heterocycles. The van der Waals surface area contributed by atoms with Gasteiger partial charge in [0.15, 0.2) is 0 Å². The van der Waals surface area contributed by atoms with Crippen LogP contribution in [0.5, 0.6) is 0 Å².